The van der Waals surface area contributed by atoms with Crippen molar-refractivity contribution in [2.24, 2.45) is 0 Å². The lowest BCUT2D eigenvalue weighted by atomic mass is 9.92. The molecule has 0 fully saturated rings. The zero-order valence-electron chi connectivity index (χ0n) is 11.1. The van der Waals surface area contributed by atoms with Gasteiger partial charge in [-0.15, -0.1) is 0 Å². The molecule has 2 aromatic rings. The van der Waals surface area contributed by atoms with Gasteiger partial charge in [0.1, 0.15) is 4.47 Å². The first-order valence-electron chi connectivity index (χ1n) is 6.00. The van der Waals surface area contributed by atoms with E-state index in [0.29, 0.717) is 10.4 Å². The molecular formula is C14H16BrN3O. The summed E-state index contributed by atoms with van der Waals surface area (Å²) in [6.07, 6.45) is 0. The fourth-order valence-corrected chi connectivity index (χ4v) is 2.46. The number of H-pyrrole nitrogens is 1. The first-order chi connectivity index (χ1) is 8.88. The second kappa shape index (κ2) is 5.17. The quantitative estimate of drug-likeness (QED) is 0.888. The Balaban J connectivity index is 2.43. The molecule has 0 saturated heterocycles. The van der Waals surface area contributed by atoms with Crippen LogP contribution in [0.5, 0.6) is 0 Å². The SMILES string of the molecule is CC(C)(C)c1nc(Nc2ccccc2)[nH]c(=O)c1Br. The van der Waals surface area contributed by atoms with Crippen LogP contribution in [0.3, 0.4) is 0 Å². The van der Waals surface area contributed by atoms with E-state index >= 15 is 0 Å². The van der Waals surface area contributed by atoms with E-state index in [2.05, 4.69) is 31.2 Å². The highest BCUT2D eigenvalue weighted by Gasteiger charge is 2.22. The Morgan fingerprint density at radius 1 is 1.21 bits per heavy atom. The molecule has 19 heavy (non-hydrogen) atoms. The summed E-state index contributed by atoms with van der Waals surface area (Å²) in [6.45, 7) is 6.06. The van der Waals surface area contributed by atoms with E-state index in [4.69, 9.17) is 0 Å². The third kappa shape index (κ3) is 3.23. The first-order valence-corrected chi connectivity index (χ1v) is 6.79. The predicted octanol–water partition coefficient (Wildman–Crippen LogP) is 3.57. The zero-order chi connectivity index (χ0) is 14.0. The molecule has 0 aliphatic heterocycles. The Morgan fingerprint density at radius 2 is 1.84 bits per heavy atom. The second-order valence-electron chi connectivity index (χ2n) is 5.32. The molecule has 4 nitrogen and oxygen atoms in total. The Bertz CT molecular complexity index is 629. The van der Waals surface area contributed by atoms with Gasteiger partial charge < -0.3 is 5.32 Å². The van der Waals surface area contributed by atoms with Crippen molar-refractivity contribution in [3.05, 3.63) is 50.9 Å². The van der Waals surface area contributed by atoms with E-state index in [-0.39, 0.29) is 11.0 Å². The summed E-state index contributed by atoms with van der Waals surface area (Å²) in [5.74, 6) is 0.448. The topological polar surface area (TPSA) is 57.8 Å². The van der Waals surface area contributed by atoms with E-state index in [1.165, 1.54) is 0 Å². The van der Waals surface area contributed by atoms with Gasteiger partial charge >= 0.3 is 0 Å². The number of nitrogens with zero attached hydrogens (tertiary/aromatic N) is 1. The number of halogens is 1. The Kier molecular flexibility index (Phi) is 3.75. The van der Waals surface area contributed by atoms with Crippen molar-refractivity contribution in [3.63, 3.8) is 0 Å². The van der Waals surface area contributed by atoms with E-state index in [9.17, 15) is 4.79 Å². The van der Waals surface area contributed by atoms with Gasteiger partial charge in [-0.2, -0.15) is 0 Å². The van der Waals surface area contributed by atoms with Crippen LogP contribution in [0.15, 0.2) is 39.6 Å². The van der Waals surface area contributed by atoms with Gasteiger partial charge in [0.15, 0.2) is 0 Å². The molecule has 0 saturated carbocycles. The molecule has 0 bridgehead atoms. The molecule has 0 radical (unpaired) electrons. The van der Waals surface area contributed by atoms with Gasteiger partial charge in [-0.1, -0.05) is 39.0 Å². The van der Waals surface area contributed by atoms with Gasteiger partial charge in [0, 0.05) is 11.1 Å². The van der Waals surface area contributed by atoms with Crippen LogP contribution in [0, 0.1) is 0 Å². The maximum Gasteiger partial charge on any atom is 0.266 e. The number of para-hydroxylation sites is 1. The van der Waals surface area contributed by atoms with Crippen LogP contribution in [0.4, 0.5) is 11.6 Å². The smallest absolute Gasteiger partial charge is 0.266 e. The Hall–Kier alpha value is -1.62. The average Bonchev–Trinajstić information content (AvgIpc) is 2.33. The molecule has 5 heteroatoms. The molecule has 0 atom stereocenters. The van der Waals surface area contributed by atoms with Gasteiger partial charge in [0.05, 0.1) is 5.69 Å². The minimum atomic E-state index is -0.208. The van der Waals surface area contributed by atoms with Crippen molar-refractivity contribution < 1.29 is 0 Å². The van der Waals surface area contributed by atoms with Crippen LogP contribution in [0.2, 0.25) is 0 Å². The molecule has 100 valence electrons. The van der Waals surface area contributed by atoms with Gasteiger partial charge in [0.2, 0.25) is 5.95 Å². The molecule has 0 amide bonds. The van der Waals surface area contributed by atoms with Crippen LogP contribution in [0.25, 0.3) is 0 Å². The standard InChI is InChI=1S/C14H16BrN3O/c1-14(2,3)11-10(15)12(19)18-13(17-11)16-9-7-5-4-6-8-9/h4-8H,1-3H3,(H2,16,17,18,19). The summed E-state index contributed by atoms with van der Waals surface area (Å²) in [5.41, 5.74) is 1.22. The molecule has 1 aromatic heterocycles. The van der Waals surface area contributed by atoms with E-state index in [1.54, 1.807) is 0 Å². The monoisotopic (exact) mass is 321 g/mol. The van der Waals surface area contributed by atoms with Crippen molar-refractivity contribution in [3.8, 4) is 0 Å². The van der Waals surface area contributed by atoms with Crippen LogP contribution in [-0.4, -0.2) is 9.97 Å². The Morgan fingerprint density at radius 3 is 2.42 bits per heavy atom. The minimum Gasteiger partial charge on any atom is -0.326 e. The highest BCUT2D eigenvalue weighted by Crippen LogP contribution is 2.26. The van der Waals surface area contributed by atoms with Gasteiger partial charge in [-0.3, -0.25) is 9.78 Å². The lowest BCUT2D eigenvalue weighted by molar-refractivity contribution is 0.563. The summed E-state index contributed by atoms with van der Waals surface area (Å²) in [5, 5.41) is 3.10. The van der Waals surface area contributed by atoms with Crippen molar-refractivity contribution in [2.75, 3.05) is 5.32 Å². The van der Waals surface area contributed by atoms with Gasteiger partial charge in [0.25, 0.3) is 5.56 Å². The fraction of sp³-hybridized carbons (Fsp3) is 0.286. The highest BCUT2D eigenvalue weighted by atomic mass is 79.9. The van der Waals surface area contributed by atoms with Crippen LogP contribution >= 0.6 is 15.9 Å². The number of anilines is 2. The van der Waals surface area contributed by atoms with Crippen molar-refractivity contribution >= 4 is 27.6 Å². The molecule has 0 spiro atoms. The minimum absolute atomic E-state index is 0.182. The third-order valence-corrected chi connectivity index (χ3v) is 3.35. The summed E-state index contributed by atoms with van der Waals surface area (Å²) in [4.78, 5) is 19.1. The van der Waals surface area contributed by atoms with E-state index in [0.717, 1.165) is 11.4 Å². The van der Waals surface area contributed by atoms with Gasteiger partial charge in [-0.25, -0.2) is 4.98 Å². The molecule has 0 unspecified atom stereocenters. The summed E-state index contributed by atoms with van der Waals surface area (Å²) >= 11 is 3.30. The number of aromatic amines is 1. The van der Waals surface area contributed by atoms with Crippen LogP contribution in [-0.2, 0) is 5.41 Å². The molecule has 2 rings (SSSR count). The predicted molar refractivity (Wildman–Crippen MR) is 81.0 cm³/mol. The second-order valence-corrected chi connectivity index (χ2v) is 6.11. The van der Waals surface area contributed by atoms with E-state index in [1.807, 2.05) is 51.1 Å². The molecule has 0 aliphatic carbocycles. The molecule has 1 aromatic carbocycles. The number of nitrogens with one attached hydrogen (secondary N) is 2. The van der Waals surface area contributed by atoms with Crippen molar-refractivity contribution in [1.29, 1.82) is 0 Å². The number of aromatic nitrogens is 2. The largest absolute Gasteiger partial charge is 0.326 e. The average molecular weight is 322 g/mol. The molecule has 2 N–H and O–H groups in total. The van der Waals surface area contributed by atoms with Crippen molar-refractivity contribution in [2.45, 2.75) is 26.2 Å². The number of benzene rings is 1. The Labute approximate surface area is 120 Å². The van der Waals surface area contributed by atoms with Crippen LogP contribution in [0.1, 0.15) is 26.5 Å². The van der Waals surface area contributed by atoms with Crippen molar-refractivity contribution in [1.82, 2.24) is 9.97 Å². The van der Waals surface area contributed by atoms with Crippen LogP contribution < -0.4 is 10.9 Å². The maximum atomic E-state index is 11.9. The number of hydrogen-bond donors (Lipinski definition) is 2. The third-order valence-electron chi connectivity index (χ3n) is 2.61. The molecular weight excluding hydrogens is 306 g/mol. The van der Waals surface area contributed by atoms with E-state index < -0.39 is 0 Å². The summed E-state index contributed by atoms with van der Waals surface area (Å²) in [6, 6.07) is 9.61. The number of hydrogen-bond acceptors (Lipinski definition) is 3. The summed E-state index contributed by atoms with van der Waals surface area (Å²) < 4.78 is 0.485. The molecule has 0 aliphatic rings. The number of rotatable bonds is 2. The lowest BCUT2D eigenvalue weighted by Gasteiger charge is -2.19. The molecule has 1 heterocycles. The van der Waals surface area contributed by atoms with Gasteiger partial charge in [-0.05, 0) is 28.1 Å². The zero-order valence-corrected chi connectivity index (χ0v) is 12.7. The fourth-order valence-electron chi connectivity index (χ4n) is 1.67. The lowest BCUT2D eigenvalue weighted by Crippen LogP contribution is -2.22. The summed E-state index contributed by atoms with van der Waals surface area (Å²) in [7, 11) is 0. The first kappa shape index (κ1) is 13.8. The maximum absolute atomic E-state index is 11.9. The highest BCUT2D eigenvalue weighted by molar-refractivity contribution is 9.10. The normalized spacial score (nSPS) is 11.4.